The molecule has 0 unspecified atom stereocenters. The van der Waals surface area contributed by atoms with Crippen LogP contribution in [0.1, 0.15) is 25.5 Å². The molecule has 1 aliphatic rings. The van der Waals surface area contributed by atoms with Gasteiger partial charge in [0, 0.05) is 25.1 Å². The van der Waals surface area contributed by atoms with E-state index < -0.39 is 0 Å². The highest BCUT2D eigenvalue weighted by Crippen LogP contribution is 2.14. The van der Waals surface area contributed by atoms with Crippen molar-refractivity contribution in [1.82, 2.24) is 14.8 Å². The van der Waals surface area contributed by atoms with Crippen LogP contribution >= 0.6 is 0 Å². The molecule has 0 N–H and O–H groups in total. The zero-order valence-corrected chi connectivity index (χ0v) is 9.71. The van der Waals surface area contributed by atoms with Crippen LogP contribution in [0.3, 0.4) is 0 Å². The van der Waals surface area contributed by atoms with Crippen LogP contribution in [0, 0.1) is 6.67 Å². The quantitative estimate of drug-likeness (QED) is 0.754. The Morgan fingerprint density at radius 1 is 1.19 bits per heavy atom. The molecule has 0 fully saturated rings. The Morgan fingerprint density at radius 3 is 2.81 bits per heavy atom. The third-order valence-corrected chi connectivity index (χ3v) is 2.59. The minimum Gasteiger partial charge on any atom is -0.353 e. The summed E-state index contributed by atoms with van der Waals surface area (Å²) in [6.07, 6.45) is 8.53. The van der Waals surface area contributed by atoms with E-state index in [0.29, 0.717) is 0 Å². The van der Waals surface area contributed by atoms with Gasteiger partial charge in [-0.05, 0) is 18.6 Å². The van der Waals surface area contributed by atoms with E-state index >= 15 is 0 Å². The van der Waals surface area contributed by atoms with Gasteiger partial charge in [-0.25, -0.2) is 0 Å². The lowest BCUT2D eigenvalue weighted by Gasteiger charge is -2.19. The minimum absolute atomic E-state index is 0.847. The first kappa shape index (κ1) is 11.0. The standard InChI is InChI=1S/C13H18N3/c1-2-3-8-15-9-10-16(12-15)11-13-6-4-5-7-14-13/h4-7,9-10,12H,2-3,8,11H2,1H3. The molecule has 16 heavy (non-hydrogen) atoms. The Hall–Kier alpha value is -1.51. The van der Waals surface area contributed by atoms with E-state index in [0.717, 1.165) is 18.8 Å². The van der Waals surface area contributed by atoms with Gasteiger partial charge in [-0.15, -0.1) is 0 Å². The molecule has 3 nitrogen and oxygen atoms in total. The first-order valence-corrected chi connectivity index (χ1v) is 5.83. The molecule has 1 aliphatic heterocycles. The summed E-state index contributed by atoms with van der Waals surface area (Å²) in [7, 11) is 0. The topological polar surface area (TPSA) is 19.4 Å². The zero-order valence-electron chi connectivity index (χ0n) is 9.71. The SMILES string of the molecule is CCCCN1[CH]N(Cc2ccccn2)C=C1. The highest BCUT2D eigenvalue weighted by molar-refractivity contribution is 5.06. The van der Waals surface area contributed by atoms with Gasteiger partial charge >= 0.3 is 0 Å². The predicted molar refractivity (Wildman–Crippen MR) is 64.8 cm³/mol. The molecular formula is C13H18N3. The van der Waals surface area contributed by atoms with Crippen LogP contribution in [0.4, 0.5) is 0 Å². The van der Waals surface area contributed by atoms with E-state index in [2.05, 4.69) is 46.8 Å². The molecule has 1 aromatic rings. The van der Waals surface area contributed by atoms with Gasteiger partial charge in [-0.3, -0.25) is 4.98 Å². The van der Waals surface area contributed by atoms with Gasteiger partial charge in [-0.2, -0.15) is 0 Å². The van der Waals surface area contributed by atoms with E-state index in [1.165, 1.54) is 12.8 Å². The molecule has 3 heteroatoms. The lowest BCUT2D eigenvalue weighted by molar-refractivity contribution is 0.333. The molecule has 1 aromatic heterocycles. The Bertz CT molecular complexity index is 334. The second-order valence-electron chi connectivity index (χ2n) is 4.00. The van der Waals surface area contributed by atoms with Crippen molar-refractivity contribution in [3.05, 3.63) is 49.2 Å². The van der Waals surface area contributed by atoms with Crippen molar-refractivity contribution in [1.29, 1.82) is 0 Å². The van der Waals surface area contributed by atoms with E-state index in [9.17, 15) is 0 Å². The smallest absolute Gasteiger partial charge is 0.141 e. The van der Waals surface area contributed by atoms with Crippen molar-refractivity contribution < 1.29 is 0 Å². The number of hydrogen-bond acceptors (Lipinski definition) is 3. The summed E-state index contributed by atoms with van der Waals surface area (Å²) in [5.74, 6) is 0. The molecule has 0 saturated heterocycles. The number of rotatable bonds is 5. The van der Waals surface area contributed by atoms with Crippen molar-refractivity contribution in [2.24, 2.45) is 0 Å². The maximum atomic E-state index is 4.32. The fraction of sp³-hybridized carbons (Fsp3) is 0.385. The molecule has 0 aliphatic carbocycles. The normalized spacial score (nSPS) is 14.8. The van der Waals surface area contributed by atoms with Gasteiger partial charge < -0.3 is 9.80 Å². The van der Waals surface area contributed by atoms with Crippen LogP contribution in [0.25, 0.3) is 0 Å². The number of aromatic nitrogens is 1. The summed E-state index contributed by atoms with van der Waals surface area (Å²) < 4.78 is 0. The van der Waals surface area contributed by atoms with Crippen LogP contribution in [0.5, 0.6) is 0 Å². The summed E-state index contributed by atoms with van der Waals surface area (Å²) in [5.41, 5.74) is 1.10. The average molecular weight is 216 g/mol. The fourth-order valence-electron chi connectivity index (χ4n) is 1.68. The summed E-state index contributed by atoms with van der Waals surface area (Å²) in [5, 5.41) is 0. The highest BCUT2D eigenvalue weighted by Gasteiger charge is 2.12. The zero-order chi connectivity index (χ0) is 11.2. The molecule has 1 radical (unpaired) electrons. The van der Waals surface area contributed by atoms with E-state index in [1.807, 2.05) is 18.3 Å². The van der Waals surface area contributed by atoms with E-state index in [-0.39, 0.29) is 0 Å². The maximum Gasteiger partial charge on any atom is 0.141 e. The number of nitrogens with zero attached hydrogens (tertiary/aromatic N) is 3. The van der Waals surface area contributed by atoms with E-state index in [4.69, 9.17) is 0 Å². The molecule has 0 saturated carbocycles. The molecule has 0 bridgehead atoms. The van der Waals surface area contributed by atoms with Gasteiger partial charge in [0.05, 0.1) is 12.2 Å². The molecule has 0 amide bonds. The van der Waals surface area contributed by atoms with Crippen LogP contribution in [-0.2, 0) is 6.54 Å². The third kappa shape index (κ3) is 2.99. The predicted octanol–water partition coefficient (Wildman–Crippen LogP) is 2.59. The second kappa shape index (κ2) is 5.54. The first-order valence-electron chi connectivity index (χ1n) is 5.83. The van der Waals surface area contributed by atoms with Gasteiger partial charge in [0.2, 0.25) is 0 Å². The van der Waals surface area contributed by atoms with Gasteiger partial charge in [0.1, 0.15) is 6.67 Å². The third-order valence-electron chi connectivity index (χ3n) is 2.59. The van der Waals surface area contributed by atoms with Crippen LogP contribution in [0.2, 0.25) is 0 Å². The van der Waals surface area contributed by atoms with Gasteiger partial charge in [0.15, 0.2) is 0 Å². The summed E-state index contributed by atoms with van der Waals surface area (Å²) in [6, 6.07) is 6.02. The van der Waals surface area contributed by atoms with Crippen LogP contribution < -0.4 is 0 Å². The second-order valence-corrected chi connectivity index (χ2v) is 4.00. The molecule has 0 atom stereocenters. The Labute approximate surface area is 97.4 Å². The van der Waals surface area contributed by atoms with Crippen LogP contribution in [-0.4, -0.2) is 21.3 Å². The monoisotopic (exact) mass is 216 g/mol. The van der Waals surface area contributed by atoms with Crippen molar-refractivity contribution >= 4 is 0 Å². The van der Waals surface area contributed by atoms with Crippen molar-refractivity contribution in [3.8, 4) is 0 Å². The lowest BCUT2D eigenvalue weighted by atomic mass is 10.3. The van der Waals surface area contributed by atoms with Crippen molar-refractivity contribution in [3.63, 3.8) is 0 Å². The molecule has 0 aromatic carbocycles. The number of pyridine rings is 1. The average Bonchev–Trinajstić information content (AvgIpc) is 2.75. The summed E-state index contributed by atoms with van der Waals surface area (Å²) in [6.45, 7) is 6.31. The first-order chi connectivity index (χ1) is 7.88. The minimum atomic E-state index is 0.847. The van der Waals surface area contributed by atoms with Crippen molar-refractivity contribution in [2.45, 2.75) is 26.3 Å². The molecule has 2 heterocycles. The number of hydrogen-bond donors (Lipinski definition) is 0. The Morgan fingerprint density at radius 2 is 2.06 bits per heavy atom. The largest absolute Gasteiger partial charge is 0.353 e. The highest BCUT2D eigenvalue weighted by atomic mass is 15.3. The summed E-state index contributed by atoms with van der Waals surface area (Å²) >= 11 is 0. The van der Waals surface area contributed by atoms with Gasteiger partial charge in [0.25, 0.3) is 0 Å². The molecular weight excluding hydrogens is 198 g/mol. The van der Waals surface area contributed by atoms with Crippen LogP contribution in [0.15, 0.2) is 36.8 Å². The molecule has 0 spiro atoms. The summed E-state index contributed by atoms with van der Waals surface area (Å²) in [4.78, 5) is 8.71. The molecule has 2 rings (SSSR count). The lowest BCUT2D eigenvalue weighted by Crippen LogP contribution is -2.20. The number of unbranched alkanes of at least 4 members (excludes halogenated alkanes) is 1. The van der Waals surface area contributed by atoms with Gasteiger partial charge in [-0.1, -0.05) is 19.4 Å². The Balaban J connectivity index is 1.80. The molecule has 85 valence electrons. The maximum absolute atomic E-state index is 4.32. The van der Waals surface area contributed by atoms with E-state index in [1.54, 1.807) is 0 Å². The Kier molecular flexibility index (Phi) is 3.81. The fourth-order valence-corrected chi connectivity index (χ4v) is 1.68. The van der Waals surface area contributed by atoms with Crippen molar-refractivity contribution in [2.75, 3.05) is 6.54 Å².